The van der Waals surface area contributed by atoms with Crippen LogP contribution in [0.5, 0.6) is 0 Å². The van der Waals surface area contributed by atoms with E-state index in [0.717, 1.165) is 37.3 Å². The zero-order chi connectivity index (χ0) is 15.8. The summed E-state index contributed by atoms with van der Waals surface area (Å²) < 4.78 is 5.32. The third kappa shape index (κ3) is 4.87. The standard InChI is InChI=1S/C16H24N4OS/c1-3-12(4-2)15-10-13(21-20-15)11-19-16(17)18-8-7-14-6-5-9-22-14/h5-6,9-10,12H,3-4,7-8,11H2,1-2H3,(H3,17,18,19). The lowest BCUT2D eigenvalue weighted by molar-refractivity contribution is 0.372. The topological polar surface area (TPSA) is 76.4 Å². The molecule has 2 aromatic rings. The normalized spacial score (nSPS) is 12.0. The molecule has 2 heterocycles. The molecule has 0 saturated carbocycles. The van der Waals surface area contributed by atoms with Crippen molar-refractivity contribution in [2.45, 2.75) is 45.6 Å². The van der Waals surface area contributed by atoms with Gasteiger partial charge >= 0.3 is 0 Å². The van der Waals surface area contributed by atoms with Crippen LogP contribution in [0, 0.1) is 0 Å². The Balaban J connectivity index is 1.78. The van der Waals surface area contributed by atoms with Crippen molar-refractivity contribution in [3.63, 3.8) is 0 Å². The number of hydrogen-bond donors (Lipinski definition) is 2. The molecule has 22 heavy (non-hydrogen) atoms. The average Bonchev–Trinajstić information content (AvgIpc) is 3.18. The maximum atomic E-state index is 5.86. The average molecular weight is 320 g/mol. The van der Waals surface area contributed by atoms with Crippen LogP contribution in [0.25, 0.3) is 0 Å². The Morgan fingerprint density at radius 1 is 1.45 bits per heavy atom. The lowest BCUT2D eigenvalue weighted by Gasteiger charge is -2.05. The molecule has 0 spiro atoms. The molecule has 6 heteroatoms. The first-order valence-corrected chi connectivity index (χ1v) is 8.62. The first-order chi connectivity index (χ1) is 10.7. The molecule has 0 amide bonds. The minimum Gasteiger partial charge on any atom is -0.370 e. The van der Waals surface area contributed by atoms with Crippen molar-refractivity contribution < 1.29 is 4.52 Å². The lowest BCUT2D eigenvalue weighted by Crippen LogP contribution is -2.33. The Bertz CT molecular complexity index is 573. The van der Waals surface area contributed by atoms with E-state index in [-0.39, 0.29) is 0 Å². The maximum Gasteiger partial charge on any atom is 0.189 e. The molecule has 0 unspecified atom stereocenters. The summed E-state index contributed by atoms with van der Waals surface area (Å²) in [5.74, 6) is 1.66. The number of aliphatic imine (C=N–C) groups is 1. The Morgan fingerprint density at radius 3 is 2.95 bits per heavy atom. The third-order valence-electron chi connectivity index (χ3n) is 3.64. The molecule has 0 saturated heterocycles. The highest BCUT2D eigenvalue weighted by Crippen LogP contribution is 2.22. The smallest absolute Gasteiger partial charge is 0.189 e. The summed E-state index contributed by atoms with van der Waals surface area (Å²) >= 11 is 1.75. The first kappa shape index (κ1) is 16.5. The molecule has 0 bridgehead atoms. The van der Waals surface area contributed by atoms with Gasteiger partial charge in [0.2, 0.25) is 0 Å². The molecule has 120 valence electrons. The van der Waals surface area contributed by atoms with Gasteiger partial charge in [0.15, 0.2) is 11.7 Å². The van der Waals surface area contributed by atoms with Crippen molar-refractivity contribution in [3.05, 3.63) is 39.9 Å². The summed E-state index contributed by atoms with van der Waals surface area (Å²) in [7, 11) is 0. The van der Waals surface area contributed by atoms with Gasteiger partial charge in [-0.05, 0) is 30.7 Å². The number of nitrogens with two attached hydrogens (primary N) is 1. The fraction of sp³-hybridized carbons (Fsp3) is 0.500. The number of rotatable bonds is 8. The number of nitrogens with one attached hydrogen (secondary N) is 1. The van der Waals surface area contributed by atoms with Crippen molar-refractivity contribution >= 4 is 17.3 Å². The molecule has 0 radical (unpaired) electrons. The predicted octanol–water partition coefficient (Wildman–Crippen LogP) is 3.29. The van der Waals surface area contributed by atoms with E-state index in [1.807, 2.05) is 6.07 Å². The van der Waals surface area contributed by atoms with Crippen molar-refractivity contribution in [3.8, 4) is 0 Å². The van der Waals surface area contributed by atoms with E-state index >= 15 is 0 Å². The second-order valence-corrected chi connectivity index (χ2v) is 6.22. The van der Waals surface area contributed by atoms with E-state index < -0.39 is 0 Å². The molecule has 0 aliphatic carbocycles. The van der Waals surface area contributed by atoms with E-state index in [1.165, 1.54) is 4.88 Å². The number of thiophene rings is 1. The number of guanidine groups is 1. The fourth-order valence-electron chi connectivity index (χ4n) is 2.29. The monoisotopic (exact) mass is 320 g/mol. The van der Waals surface area contributed by atoms with Gasteiger partial charge in [-0.2, -0.15) is 0 Å². The summed E-state index contributed by atoms with van der Waals surface area (Å²) in [6, 6.07) is 6.16. The van der Waals surface area contributed by atoms with Crippen molar-refractivity contribution in [2.75, 3.05) is 6.54 Å². The summed E-state index contributed by atoms with van der Waals surface area (Å²) in [4.78, 5) is 5.63. The number of aromatic nitrogens is 1. The number of nitrogens with zero attached hydrogens (tertiary/aromatic N) is 2. The van der Waals surface area contributed by atoms with Crippen LogP contribution in [-0.4, -0.2) is 17.7 Å². The zero-order valence-electron chi connectivity index (χ0n) is 13.2. The summed E-state index contributed by atoms with van der Waals surface area (Å²) in [6.07, 6.45) is 3.09. The Labute approximate surface area is 135 Å². The van der Waals surface area contributed by atoms with Crippen LogP contribution in [0.2, 0.25) is 0 Å². The van der Waals surface area contributed by atoms with Gasteiger partial charge in [0.1, 0.15) is 6.54 Å². The van der Waals surface area contributed by atoms with E-state index in [1.54, 1.807) is 11.3 Å². The second-order valence-electron chi connectivity index (χ2n) is 5.19. The van der Waals surface area contributed by atoms with Crippen LogP contribution < -0.4 is 11.1 Å². The molecule has 0 aliphatic rings. The van der Waals surface area contributed by atoms with Crippen molar-refractivity contribution in [1.29, 1.82) is 0 Å². The minimum absolute atomic E-state index is 0.422. The van der Waals surface area contributed by atoms with Crippen molar-refractivity contribution in [1.82, 2.24) is 10.5 Å². The van der Waals surface area contributed by atoms with Gasteiger partial charge in [0.05, 0.1) is 5.69 Å². The second kappa shape index (κ2) is 8.58. The quantitative estimate of drug-likeness (QED) is 0.578. The first-order valence-electron chi connectivity index (χ1n) is 7.74. The zero-order valence-corrected chi connectivity index (χ0v) is 14.0. The van der Waals surface area contributed by atoms with Crippen LogP contribution in [0.3, 0.4) is 0 Å². The highest BCUT2D eigenvalue weighted by Gasteiger charge is 2.12. The molecule has 0 fully saturated rings. The van der Waals surface area contributed by atoms with Gasteiger partial charge in [-0.3, -0.25) is 0 Å². The van der Waals surface area contributed by atoms with Crippen LogP contribution in [0.4, 0.5) is 0 Å². The highest BCUT2D eigenvalue weighted by molar-refractivity contribution is 7.09. The number of hydrogen-bond acceptors (Lipinski definition) is 4. The summed E-state index contributed by atoms with van der Waals surface area (Å²) in [5, 5.41) is 9.32. The van der Waals surface area contributed by atoms with E-state index in [0.29, 0.717) is 18.4 Å². The fourth-order valence-corrected chi connectivity index (χ4v) is 3.00. The van der Waals surface area contributed by atoms with Gasteiger partial charge in [0, 0.05) is 23.4 Å². The maximum absolute atomic E-state index is 5.86. The van der Waals surface area contributed by atoms with Gasteiger partial charge in [-0.15, -0.1) is 11.3 Å². The highest BCUT2D eigenvalue weighted by atomic mass is 32.1. The molecule has 0 atom stereocenters. The summed E-state index contributed by atoms with van der Waals surface area (Å²) in [5.41, 5.74) is 6.87. The van der Waals surface area contributed by atoms with Crippen LogP contribution in [-0.2, 0) is 13.0 Å². The molecule has 3 N–H and O–H groups in total. The van der Waals surface area contributed by atoms with Gasteiger partial charge in [-0.1, -0.05) is 25.1 Å². The van der Waals surface area contributed by atoms with Gasteiger partial charge < -0.3 is 15.6 Å². The van der Waals surface area contributed by atoms with E-state index in [2.05, 4.69) is 46.8 Å². The molecule has 2 rings (SSSR count). The molecular weight excluding hydrogens is 296 g/mol. The van der Waals surface area contributed by atoms with Gasteiger partial charge in [-0.25, -0.2) is 4.99 Å². The molecule has 0 aromatic carbocycles. The van der Waals surface area contributed by atoms with E-state index in [4.69, 9.17) is 10.3 Å². The SMILES string of the molecule is CCC(CC)c1cc(CN=C(N)NCCc2cccs2)on1. The lowest BCUT2D eigenvalue weighted by atomic mass is 9.99. The van der Waals surface area contributed by atoms with Gasteiger partial charge in [0.25, 0.3) is 0 Å². The predicted molar refractivity (Wildman–Crippen MR) is 91.2 cm³/mol. The molecular formula is C16H24N4OS. The van der Waals surface area contributed by atoms with Crippen LogP contribution in [0.15, 0.2) is 33.1 Å². The third-order valence-corrected chi connectivity index (χ3v) is 4.58. The minimum atomic E-state index is 0.422. The Kier molecular flexibility index (Phi) is 6.45. The summed E-state index contributed by atoms with van der Waals surface area (Å²) in [6.45, 7) is 5.53. The van der Waals surface area contributed by atoms with Crippen molar-refractivity contribution in [2.24, 2.45) is 10.7 Å². The molecule has 2 aromatic heterocycles. The van der Waals surface area contributed by atoms with E-state index in [9.17, 15) is 0 Å². The van der Waals surface area contributed by atoms with Crippen LogP contribution >= 0.6 is 11.3 Å². The van der Waals surface area contributed by atoms with Crippen LogP contribution in [0.1, 0.15) is 48.9 Å². The molecule has 5 nitrogen and oxygen atoms in total. The molecule has 0 aliphatic heterocycles. The largest absolute Gasteiger partial charge is 0.370 e. The Hall–Kier alpha value is -1.82. The Morgan fingerprint density at radius 2 is 2.27 bits per heavy atom.